The first-order chi connectivity index (χ1) is 13.1. The Morgan fingerprint density at radius 3 is 2.89 bits per heavy atom. The van der Waals surface area contributed by atoms with E-state index in [0.717, 1.165) is 24.2 Å². The first-order valence-electron chi connectivity index (χ1n) is 9.88. The predicted molar refractivity (Wildman–Crippen MR) is 100 cm³/mol. The van der Waals surface area contributed by atoms with E-state index in [0.29, 0.717) is 23.9 Å². The van der Waals surface area contributed by atoms with E-state index in [4.69, 9.17) is 0 Å². The molecule has 1 aliphatic carbocycles. The van der Waals surface area contributed by atoms with Crippen LogP contribution in [0.3, 0.4) is 0 Å². The molecule has 0 bridgehead atoms. The van der Waals surface area contributed by atoms with E-state index in [2.05, 4.69) is 46.0 Å². The average molecular weight is 369 g/mol. The van der Waals surface area contributed by atoms with Crippen molar-refractivity contribution < 1.29 is 4.79 Å². The number of carbonyl (C=O) groups excluding carboxylic acids is 1. The number of nitrogens with one attached hydrogen (secondary N) is 5. The van der Waals surface area contributed by atoms with Gasteiger partial charge < -0.3 is 5.32 Å². The van der Waals surface area contributed by atoms with E-state index in [1.165, 1.54) is 0 Å². The van der Waals surface area contributed by atoms with Crippen LogP contribution in [0.5, 0.6) is 0 Å². The Kier molecular flexibility index (Phi) is 4.16. The number of hydrogen-bond acceptors (Lipinski definition) is 7. The van der Waals surface area contributed by atoms with Gasteiger partial charge in [-0.15, -0.1) is 0 Å². The number of amides is 1. The zero-order chi connectivity index (χ0) is 18.5. The SMILES string of the molecule is CC1NN2C(=O)C=C(C3CCC4NNNC4C3C)NC2C1c1ccccn1. The van der Waals surface area contributed by atoms with E-state index in [-0.39, 0.29) is 24.0 Å². The summed E-state index contributed by atoms with van der Waals surface area (Å²) in [4.78, 5) is 17.4. The molecule has 0 radical (unpaired) electrons. The summed E-state index contributed by atoms with van der Waals surface area (Å²) in [5.41, 5.74) is 15.1. The largest absolute Gasteiger partial charge is 0.366 e. The van der Waals surface area contributed by atoms with Crippen molar-refractivity contribution in [3.8, 4) is 0 Å². The minimum atomic E-state index is -0.111. The molecule has 3 fully saturated rings. The normalized spacial score (nSPS) is 41.0. The van der Waals surface area contributed by atoms with E-state index in [1.807, 2.05) is 24.4 Å². The third-order valence-electron chi connectivity index (χ3n) is 6.68. The van der Waals surface area contributed by atoms with Gasteiger partial charge >= 0.3 is 0 Å². The lowest BCUT2D eigenvalue weighted by Crippen LogP contribution is -2.56. The lowest BCUT2D eigenvalue weighted by atomic mass is 9.73. The van der Waals surface area contributed by atoms with Gasteiger partial charge in [-0.2, -0.15) is 5.53 Å². The number of fused-ring (bicyclic) bond motifs is 2. The van der Waals surface area contributed by atoms with Crippen LogP contribution in [0.25, 0.3) is 0 Å². The Balaban J connectivity index is 1.42. The molecule has 0 aromatic carbocycles. The number of aromatic nitrogens is 1. The van der Waals surface area contributed by atoms with Crippen LogP contribution < -0.4 is 27.1 Å². The molecule has 1 saturated carbocycles. The van der Waals surface area contributed by atoms with Gasteiger partial charge in [-0.05, 0) is 37.8 Å². The number of nitrogens with zero attached hydrogens (tertiary/aromatic N) is 2. The summed E-state index contributed by atoms with van der Waals surface area (Å²) in [5, 5.41) is 5.44. The number of rotatable bonds is 2. The molecule has 1 aromatic heterocycles. The molecular weight excluding hydrogens is 342 g/mol. The van der Waals surface area contributed by atoms with Crippen LogP contribution in [0.4, 0.5) is 0 Å². The molecule has 8 nitrogen and oxygen atoms in total. The second-order valence-electron chi connectivity index (χ2n) is 8.18. The molecule has 7 unspecified atom stereocenters. The van der Waals surface area contributed by atoms with E-state index in [1.54, 1.807) is 11.1 Å². The summed E-state index contributed by atoms with van der Waals surface area (Å²) in [6, 6.07) is 6.93. The van der Waals surface area contributed by atoms with Crippen molar-refractivity contribution in [2.75, 3.05) is 0 Å². The van der Waals surface area contributed by atoms with Gasteiger partial charge in [0.05, 0.1) is 5.92 Å². The Labute approximate surface area is 159 Å². The molecule has 144 valence electrons. The quantitative estimate of drug-likeness (QED) is 0.505. The fourth-order valence-corrected chi connectivity index (χ4v) is 5.26. The number of hydrogen-bond donors (Lipinski definition) is 5. The average Bonchev–Trinajstić information content (AvgIpc) is 3.27. The van der Waals surface area contributed by atoms with Gasteiger partial charge in [0.2, 0.25) is 0 Å². The summed E-state index contributed by atoms with van der Waals surface area (Å²) in [7, 11) is 0. The van der Waals surface area contributed by atoms with Gasteiger partial charge in [-0.3, -0.25) is 14.8 Å². The second-order valence-corrected chi connectivity index (χ2v) is 8.18. The molecule has 5 N–H and O–H groups in total. The van der Waals surface area contributed by atoms with Gasteiger partial charge in [-0.25, -0.2) is 16.3 Å². The molecular formula is C19H27N7O. The van der Waals surface area contributed by atoms with Crippen molar-refractivity contribution in [2.24, 2.45) is 11.8 Å². The van der Waals surface area contributed by atoms with Crippen molar-refractivity contribution in [3.05, 3.63) is 41.9 Å². The fourth-order valence-electron chi connectivity index (χ4n) is 5.26. The van der Waals surface area contributed by atoms with Gasteiger partial charge in [0.15, 0.2) is 0 Å². The molecule has 4 heterocycles. The van der Waals surface area contributed by atoms with Crippen LogP contribution in [-0.2, 0) is 4.79 Å². The highest BCUT2D eigenvalue weighted by atomic mass is 16.2. The zero-order valence-corrected chi connectivity index (χ0v) is 15.6. The number of pyridine rings is 1. The molecule has 1 aromatic rings. The Hall–Kier alpha value is -2.00. The minimum absolute atomic E-state index is 0.0315. The topological polar surface area (TPSA) is 93.4 Å². The highest BCUT2D eigenvalue weighted by molar-refractivity contribution is 5.89. The van der Waals surface area contributed by atoms with Gasteiger partial charge in [0.25, 0.3) is 5.91 Å². The lowest BCUT2D eigenvalue weighted by Gasteiger charge is -2.42. The van der Waals surface area contributed by atoms with Crippen molar-refractivity contribution in [2.45, 2.75) is 56.9 Å². The first kappa shape index (κ1) is 17.1. The van der Waals surface area contributed by atoms with Gasteiger partial charge in [0, 0.05) is 47.7 Å². The van der Waals surface area contributed by atoms with Gasteiger partial charge in [-0.1, -0.05) is 13.0 Å². The number of allylic oxidation sites excluding steroid dienone is 1. The van der Waals surface area contributed by atoms with Crippen LogP contribution in [0, 0.1) is 11.8 Å². The van der Waals surface area contributed by atoms with Crippen LogP contribution in [-0.4, -0.2) is 40.2 Å². The summed E-state index contributed by atoms with van der Waals surface area (Å²) in [6.07, 6.45) is 5.64. The van der Waals surface area contributed by atoms with Crippen molar-refractivity contribution >= 4 is 5.91 Å². The molecule has 3 aliphatic heterocycles. The Bertz CT molecular complexity index is 754. The fraction of sp³-hybridized carbons (Fsp3) is 0.579. The van der Waals surface area contributed by atoms with Gasteiger partial charge in [0.1, 0.15) is 6.17 Å². The van der Waals surface area contributed by atoms with Crippen molar-refractivity contribution in [3.63, 3.8) is 0 Å². The maximum atomic E-state index is 12.9. The molecule has 0 spiro atoms. The molecule has 8 heteroatoms. The first-order valence-corrected chi connectivity index (χ1v) is 9.88. The summed E-state index contributed by atoms with van der Waals surface area (Å²) in [6.45, 7) is 4.38. The molecule has 7 atom stereocenters. The maximum Gasteiger partial charge on any atom is 0.264 e. The summed E-state index contributed by atoms with van der Waals surface area (Å²) in [5.74, 6) is 0.902. The minimum Gasteiger partial charge on any atom is -0.366 e. The highest BCUT2D eigenvalue weighted by Gasteiger charge is 2.48. The number of carbonyl (C=O) groups is 1. The maximum absolute atomic E-state index is 12.9. The summed E-state index contributed by atoms with van der Waals surface area (Å²) < 4.78 is 0. The van der Waals surface area contributed by atoms with Crippen LogP contribution in [0.15, 0.2) is 36.2 Å². The van der Waals surface area contributed by atoms with Crippen molar-refractivity contribution in [1.82, 2.24) is 37.1 Å². The molecule has 1 amide bonds. The van der Waals surface area contributed by atoms with Crippen LogP contribution >= 0.6 is 0 Å². The Morgan fingerprint density at radius 2 is 2.07 bits per heavy atom. The highest BCUT2D eigenvalue weighted by Crippen LogP contribution is 2.39. The van der Waals surface area contributed by atoms with Crippen LogP contribution in [0.2, 0.25) is 0 Å². The molecule has 4 aliphatic rings. The zero-order valence-electron chi connectivity index (χ0n) is 15.6. The monoisotopic (exact) mass is 369 g/mol. The predicted octanol–water partition coefficient (Wildman–Crippen LogP) is 0.109. The van der Waals surface area contributed by atoms with E-state index < -0.39 is 0 Å². The van der Waals surface area contributed by atoms with Crippen LogP contribution in [0.1, 0.15) is 38.3 Å². The van der Waals surface area contributed by atoms with E-state index >= 15 is 0 Å². The molecule has 5 rings (SSSR count). The molecule has 27 heavy (non-hydrogen) atoms. The lowest BCUT2D eigenvalue weighted by molar-refractivity contribution is -0.131. The summed E-state index contributed by atoms with van der Waals surface area (Å²) >= 11 is 0. The standard InChI is InChI=1S/C19H27N7O/c1-10-12(6-7-14-18(10)23-25-22-14)15-9-16(27)26-19(21-15)17(11(2)24-26)13-5-3-4-8-20-13/h3-5,8-12,14,17-19,21-25H,6-7H2,1-2H3. The third-order valence-corrected chi connectivity index (χ3v) is 6.68. The third kappa shape index (κ3) is 2.75. The second kappa shape index (κ2) is 6.56. The Morgan fingerprint density at radius 1 is 1.19 bits per heavy atom. The van der Waals surface area contributed by atoms with E-state index in [9.17, 15) is 4.79 Å². The van der Waals surface area contributed by atoms with Crippen molar-refractivity contribution in [1.29, 1.82) is 0 Å². The molecule has 2 saturated heterocycles. The smallest absolute Gasteiger partial charge is 0.264 e. The number of hydrazine groups is 3.